The van der Waals surface area contributed by atoms with Gasteiger partial charge in [-0.1, -0.05) is 0 Å². The van der Waals surface area contributed by atoms with E-state index in [4.69, 9.17) is 21.0 Å². The van der Waals surface area contributed by atoms with Crippen molar-refractivity contribution in [3.05, 3.63) is 19.6 Å². The van der Waals surface area contributed by atoms with Crippen LogP contribution in [0.2, 0.25) is 0 Å². The van der Waals surface area contributed by atoms with Crippen molar-refractivity contribution in [1.29, 1.82) is 21.0 Å². The van der Waals surface area contributed by atoms with Crippen LogP contribution in [0.15, 0.2) is 19.6 Å². The fraction of sp³-hybridized carbons (Fsp3) is 0. The predicted octanol–water partition coefficient (Wildman–Crippen LogP) is 0.675. The summed E-state index contributed by atoms with van der Waals surface area (Å²) >= 11 is 17.4. The molecule has 0 spiro atoms. The first-order chi connectivity index (χ1) is 7.44. The summed E-state index contributed by atoms with van der Waals surface area (Å²) in [6.45, 7) is 0. The van der Waals surface area contributed by atoms with Crippen molar-refractivity contribution in [2.24, 2.45) is 0 Å². The van der Waals surface area contributed by atoms with Gasteiger partial charge in [-0.25, -0.2) is 0 Å². The number of rotatable bonds is 0. The Balaban J connectivity index is -0.000000218. The number of hydrogen-bond donors (Lipinski definition) is 0. The van der Waals surface area contributed by atoms with Crippen LogP contribution in [0, 0.1) is 45.3 Å². The summed E-state index contributed by atoms with van der Waals surface area (Å²) in [5.41, 5.74) is 0. The van der Waals surface area contributed by atoms with E-state index in [2.05, 4.69) is 50.5 Å². The average molecular weight is 339 g/mol. The Morgan fingerprint density at radius 3 is 0.706 bits per heavy atom. The van der Waals surface area contributed by atoms with Crippen LogP contribution in [-0.4, -0.2) is 0 Å². The van der Waals surface area contributed by atoms with Gasteiger partial charge in [0.25, 0.3) is 0 Å². The summed E-state index contributed by atoms with van der Waals surface area (Å²) < 4.78 is 0. The molecule has 0 amide bonds. The normalized spacial score (nSPS) is 10.1. The molecule has 0 N–H and O–H groups in total. The van der Waals surface area contributed by atoms with Gasteiger partial charge in [0.2, 0.25) is 0 Å². The van der Waals surface area contributed by atoms with Crippen molar-refractivity contribution >= 4 is 50.5 Å². The van der Waals surface area contributed by atoms with Crippen LogP contribution in [0.4, 0.5) is 0 Å². The smallest absolute Gasteiger partial charge is 0.0694 e. The molecule has 0 aromatic carbocycles. The predicted molar refractivity (Wildman–Crippen MR) is 66.0 cm³/mol. The minimum atomic E-state index is -0.109. The Bertz CT molecular complexity index is 394. The quantitative estimate of drug-likeness (QED) is 0.469. The third-order valence-corrected chi connectivity index (χ3v) is 2.26. The van der Waals surface area contributed by atoms with Crippen LogP contribution in [0.25, 0.3) is 0 Å². The first kappa shape index (κ1) is 21.1. The van der Waals surface area contributed by atoms with Gasteiger partial charge in [0.05, 0.1) is 24.3 Å². The molecule has 0 aliphatic heterocycles. The van der Waals surface area contributed by atoms with Gasteiger partial charge >= 0.3 is 0 Å². The largest absolute Gasteiger partial charge is 0.770 e. The van der Waals surface area contributed by atoms with Gasteiger partial charge in [0.15, 0.2) is 0 Å². The SMILES string of the molecule is N#CC([S-])=C([S-])C#N.N#CC([S-])=C([S-])C#N.[Co]. The molecule has 1 radical (unpaired) electrons. The second kappa shape index (κ2) is 12.9. The van der Waals surface area contributed by atoms with Crippen LogP contribution in [0.1, 0.15) is 0 Å². The van der Waals surface area contributed by atoms with E-state index >= 15 is 0 Å². The standard InChI is InChI=1S/2C4H2N2S2.Co/c2*5-1-3(7)4(8)2-6;/h2*7-8H;/p-4. The average Bonchev–Trinajstić information content (AvgIpc) is 2.35. The third-order valence-electron chi connectivity index (χ3n) is 0.819. The van der Waals surface area contributed by atoms with Gasteiger partial charge in [0.1, 0.15) is 0 Å². The van der Waals surface area contributed by atoms with E-state index in [1.54, 1.807) is 24.3 Å². The van der Waals surface area contributed by atoms with Gasteiger partial charge in [0, 0.05) is 16.8 Å². The van der Waals surface area contributed by atoms with Crippen LogP contribution in [0.3, 0.4) is 0 Å². The Kier molecular flexibility index (Phi) is 16.0. The van der Waals surface area contributed by atoms with Crippen molar-refractivity contribution < 1.29 is 16.8 Å². The van der Waals surface area contributed by atoms with Gasteiger partial charge in [-0.2, -0.15) is 21.0 Å². The van der Waals surface area contributed by atoms with E-state index in [1.807, 2.05) is 0 Å². The summed E-state index contributed by atoms with van der Waals surface area (Å²) in [6.07, 6.45) is 0. The van der Waals surface area contributed by atoms with Crippen molar-refractivity contribution in [3.8, 4) is 24.3 Å². The van der Waals surface area contributed by atoms with Gasteiger partial charge in [-0.05, 0) is 0 Å². The first-order valence-corrected chi connectivity index (χ1v) is 4.84. The fourth-order valence-electron chi connectivity index (χ4n) is 0.203. The van der Waals surface area contributed by atoms with Crippen LogP contribution in [0.5, 0.6) is 0 Å². The zero-order valence-corrected chi connectivity index (χ0v) is 12.1. The number of hydrogen-bond acceptors (Lipinski definition) is 8. The zero-order chi connectivity index (χ0) is 13.1. The molecule has 0 fully saturated rings. The molecule has 0 saturated heterocycles. The molecule has 0 aromatic rings. The zero-order valence-electron chi connectivity index (χ0n) is 7.76. The molecular weight excluding hydrogens is 339 g/mol. The molecule has 0 heterocycles. The molecule has 9 heteroatoms. The molecule has 0 aliphatic rings. The minimum Gasteiger partial charge on any atom is -0.770 e. The molecular formula is C8CoN4S4-4. The maximum atomic E-state index is 8.01. The van der Waals surface area contributed by atoms with Crippen LogP contribution >= 0.6 is 0 Å². The summed E-state index contributed by atoms with van der Waals surface area (Å²) in [5.74, 6) is 0. The van der Waals surface area contributed by atoms with E-state index in [0.29, 0.717) is 0 Å². The molecule has 0 aromatic heterocycles. The summed E-state index contributed by atoms with van der Waals surface area (Å²) in [6, 6.07) is 6.33. The Morgan fingerprint density at radius 1 is 0.529 bits per heavy atom. The fourth-order valence-corrected chi connectivity index (χ4v) is 0.386. The molecule has 0 rings (SSSR count). The van der Waals surface area contributed by atoms with Gasteiger partial charge in [-0.3, -0.25) is 0 Å². The van der Waals surface area contributed by atoms with Crippen molar-refractivity contribution in [2.45, 2.75) is 0 Å². The summed E-state index contributed by atoms with van der Waals surface area (Å²) in [5, 5.41) is 32.0. The Morgan fingerprint density at radius 2 is 0.647 bits per heavy atom. The Hall–Kier alpha value is -1.17. The maximum absolute atomic E-state index is 8.01. The molecule has 4 nitrogen and oxygen atoms in total. The minimum absolute atomic E-state index is 0. The van der Waals surface area contributed by atoms with Gasteiger partial charge in [-0.15, -0.1) is 19.6 Å². The number of nitrogens with zero attached hydrogens (tertiary/aromatic N) is 4. The number of nitriles is 4. The van der Waals surface area contributed by atoms with Crippen molar-refractivity contribution in [1.82, 2.24) is 0 Å². The molecule has 0 bridgehead atoms. The van der Waals surface area contributed by atoms with Gasteiger partial charge < -0.3 is 50.5 Å². The topological polar surface area (TPSA) is 95.2 Å². The maximum Gasteiger partial charge on any atom is 0.0694 e. The molecule has 17 heavy (non-hydrogen) atoms. The molecule has 0 unspecified atom stereocenters. The Labute approximate surface area is 131 Å². The second-order valence-corrected chi connectivity index (χ2v) is 3.40. The van der Waals surface area contributed by atoms with Crippen molar-refractivity contribution in [3.63, 3.8) is 0 Å². The molecule has 89 valence electrons. The van der Waals surface area contributed by atoms with E-state index in [0.717, 1.165) is 0 Å². The summed E-state index contributed by atoms with van der Waals surface area (Å²) in [7, 11) is 0. The molecule has 0 aliphatic carbocycles. The molecule has 0 saturated carbocycles. The van der Waals surface area contributed by atoms with E-state index < -0.39 is 0 Å². The second-order valence-electron chi connectivity index (χ2n) is 1.76. The van der Waals surface area contributed by atoms with Crippen LogP contribution in [-0.2, 0) is 67.3 Å². The van der Waals surface area contributed by atoms with E-state index in [-0.39, 0.29) is 36.4 Å². The van der Waals surface area contributed by atoms with E-state index in [1.165, 1.54) is 0 Å². The number of allylic oxidation sites excluding steroid dienone is 4. The first-order valence-electron chi connectivity index (χ1n) is 3.21. The monoisotopic (exact) mass is 339 g/mol. The van der Waals surface area contributed by atoms with Crippen molar-refractivity contribution in [2.75, 3.05) is 0 Å². The summed E-state index contributed by atoms with van der Waals surface area (Å²) in [4.78, 5) is -0.435. The molecule has 0 atom stereocenters. The van der Waals surface area contributed by atoms with Crippen LogP contribution < -0.4 is 0 Å². The van der Waals surface area contributed by atoms with E-state index in [9.17, 15) is 0 Å². The third kappa shape index (κ3) is 11.1.